The summed E-state index contributed by atoms with van der Waals surface area (Å²) in [5.74, 6) is 0. The number of hydrogen-bond acceptors (Lipinski definition) is 4. The lowest BCUT2D eigenvalue weighted by Crippen LogP contribution is -2.21. The van der Waals surface area contributed by atoms with Crippen molar-refractivity contribution in [2.45, 2.75) is 19.1 Å². The van der Waals surface area contributed by atoms with Gasteiger partial charge < -0.3 is 18.6 Å². The van der Waals surface area contributed by atoms with Crippen LogP contribution >= 0.6 is 0 Å². The Hall–Kier alpha value is 0.0569. The predicted molar refractivity (Wildman–Crippen MR) is 53.8 cm³/mol. The molecule has 0 aromatic heterocycles. The summed E-state index contributed by atoms with van der Waals surface area (Å²) in [7, 11) is 4.07. The molecule has 0 rings (SSSR count). The highest BCUT2D eigenvalue weighted by molar-refractivity contribution is 5.97. The molecular weight excluding hydrogens is 188 g/mol. The number of rotatable bonds is 9. The quantitative estimate of drug-likeness (QED) is 0.296. The molecule has 13 heavy (non-hydrogen) atoms. The lowest BCUT2D eigenvalue weighted by molar-refractivity contribution is -0.152. The molecule has 4 nitrogen and oxygen atoms in total. The summed E-state index contributed by atoms with van der Waals surface area (Å²) in [5, 5.41) is 0. The van der Waals surface area contributed by atoms with Crippen molar-refractivity contribution in [3.63, 3.8) is 0 Å². The molecule has 0 amide bonds. The molecule has 0 aromatic carbocycles. The topological polar surface area (TPSA) is 36.9 Å². The van der Waals surface area contributed by atoms with E-state index in [1.807, 2.05) is 0 Å². The van der Waals surface area contributed by atoms with E-state index < -0.39 is 0 Å². The molecule has 0 aliphatic rings. The van der Waals surface area contributed by atoms with Gasteiger partial charge in [0.2, 0.25) is 0 Å². The Morgan fingerprint density at radius 3 is 2.38 bits per heavy atom. The van der Waals surface area contributed by atoms with E-state index in [0.29, 0.717) is 13.2 Å². The van der Waals surface area contributed by atoms with Crippen molar-refractivity contribution >= 4 is 10.5 Å². The Kier molecular flexibility index (Phi) is 10.2. The van der Waals surface area contributed by atoms with Gasteiger partial charge in [-0.1, -0.05) is 0 Å². The zero-order valence-electron chi connectivity index (χ0n) is 8.75. The van der Waals surface area contributed by atoms with E-state index >= 15 is 0 Å². The highest BCUT2D eigenvalue weighted by Gasteiger charge is 2.05. The molecule has 0 radical (unpaired) electrons. The molecule has 0 spiro atoms. The summed E-state index contributed by atoms with van der Waals surface area (Å²) in [6.07, 6.45) is 1.82. The van der Waals surface area contributed by atoms with Crippen LogP contribution in [-0.2, 0) is 18.6 Å². The molecule has 1 unspecified atom stereocenters. The second kappa shape index (κ2) is 10.1. The molecule has 0 fully saturated rings. The van der Waals surface area contributed by atoms with Gasteiger partial charge in [0.1, 0.15) is 10.5 Å². The lowest BCUT2D eigenvalue weighted by Gasteiger charge is -2.14. The third-order valence-corrected chi connectivity index (χ3v) is 2.02. The Morgan fingerprint density at radius 2 is 1.85 bits per heavy atom. The molecule has 0 aromatic rings. The fourth-order valence-electron chi connectivity index (χ4n) is 0.884. The zero-order chi connectivity index (χ0) is 9.94. The molecule has 80 valence electrons. The third-order valence-electron chi connectivity index (χ3n) is 1.61. The van der Waals surface area contributed by atoms with Crippen molar-refractivity contribution in [2.24, 2.45) is 0 Å². The maximum atomic E-state index is 5.39. The molecule has 5 heteroatoms. The molecule has 0 bridgehead atoms. The van der Waals surface area contributed by atoms with Gasteiger partial charge in [-0.2, -0.15) is 0 Å². The normalized spacial score (nSPS) is 13.4. The summed E-state index contributed by atoms with van der Waals surface area (Å²) in [6.45, 7) is 2.03. The van der Waals surface area contributed by atoms with Crippen molar-refractivity contribution in [3.05, 3.63) is 0 Å². The van der Waals surface area contributed by atoms with Crippen LogP contribution in [0.2, 0.25) is 0 Å². The van der Waals surface area contributed by atoms with Gasteiger partial charge in [-0.25, -0.2) is 0 Å². The van der Waals surface area contributed by atoms with Crippen LogP contribution in [0.3, 0.4) is 0 Å². The first-order chi connectivity index (χ1) is 6.35. The first-order valence-electron chi connectivity index (χ1n) is 4.47. The third kappa shape index (κ3) is 8.39. The maximum absolute atomic E-state index is 5.39. The number of methoxy groups -OCH3 is 2. The fraction of sp³-hybridized carbons (Fsp3) is 1.00. The second-order valence-electron chi connectivity index (χ2n) is 2.69. The van der Waals surface area contributed by atoms with Crippen LogP contribution in [0.4, 0.5) is 0 Å². The van der Waals surface area contributed by atoms with Crippen LogP contribution in [0.5, 0.6) is 0 Å². The summed E-state index contributed by atoms with van der Waals surface area (Å²) in [4.78, 5) is 0. The van der Waals surface area contributed by atoms with E-state index in [1.54, 1.807) is 14.2 Å². The van der Waals surface area contributed by atoms with Crippen molar-refractivity contribution in [1.29, 1.82) is 0 Å². The van der Waals surface area contributed by atoms with Gasteiger partial charge in [-0.05, 0) is 12.8 Å². The summed E-state index contributed by atoms with van der Waals surface area (Å²) < 4.78 is 20.4. The fourth-order valence-corrected chi connectivity index (χ4v) is 1.17. The minimum atomic E-state index is -0.234. The highest BCUT2D eigenvalue weighted by atomic mass is 28.2. The van der Waals surface area contributed by atoms with Crippen LogP contribution in [0.25, 0.3) is 0 Å². The van der Waals surface area contributed by atoms with Crippen LogP contribution in [-0.4, -0.2) is 50.8 Å². The van der Waals surface area contributed by atoms with Crippen molar-refractivity contribution in [3.8, 4) is 0 Å². The zero-order valence-corrected chi connectivity index (χ0v) is 10.7. The monoisotopic (exact) mass is 208 g/mol. The smallest absolute Gasteiger partial charge is 0.180 e. The standard InChI is InChI=1S/C8H20O4Si/c1-9-7-8(10-2)11-5-3-4-6-12-13/h8H,3-7H2,1-2,13H3. The van der Waals surface area contributed by atoms with Crippen molar-refractivity contribution in [2.75, 3.05) is 34.0 Å². The molecule has 0 saturated heterocycles. The van der Waals surface area contributed by atoms with E-state index in [2.05, 4.69) is 0 Å². The van der Waals surface area contributed by atoms with E-state index in [-0.39, 0.29) is 6.29 Å². The van der Waals surface area contributed by atoms with Crippen molar-refractivity contribution < 1.29 is 18.6 Å². The van der Waals surface area contributed by atoms with Crippen LogP contribution in [0.1, 0.15) is 12.8 Å². The van der Waals surface area contributed by atoms with E-state index in [4.69, 9.17) is 18.6 Å². The predicted octanol–water partition coefficient (Wildman–Crippen LogP) is -0.301. The molecule has 0 aliphatic heterocycles. The van der Waals surface area contributed by atoms with Crippen molar-refractivity contribution in [1.82, 2.24) is 0 Å². The van der Waals surface area contributed by atoms with E-state index in [1.165, 1.54) is 0 Å². The molecule has 0 saturated carbocycles. The molecule has 0 heterocycles. The number of unbranched alkanes of at least 4 members (excludes halogenated alkanes) is 1. The molecule has 0 N–H and O–H groups in total. The van der Waals surface area contributed by atoms with E-state index in [0.717, 1.165) is 29.9 Å². The van der Waals surface area contributed by atoms with Crippen LogP contribution in [0.15, 0.2) is 0 Å². The molecule has 0 aliphatic carbocycles. The Balaban J connectivity index is 3.17. The van der Waals surface area contributed by atoms with Gasteiger partial charge in [0, 0.05) is 27.4 Å². The summed E-state index contributed by atoms with van der Waals surface area (Å²) in [6, 6.07) is 0. The van der Waals surface area contributed by atoms with Crippen LogP contribution < -0.4 is 0 Å². The minimum absolute atomic E-state index is 0.234. The first kappa shape index (κ1) is 13.1. The Morgan fingerprint density at radius 1 is 1.15 bits per heavy atom. The lowest BCUT2D eigenvalue weighted by atomic mass is 10.3. The van der Waals surface area contributed by atoms with Gasteiger partial charge >= 0.3 is 0 Å². The molecular formula is C8H20O4Si. The highest BCUT2D eigenvalue weighted by Crippen LogP contribution is 1.97. The number of ether oxygens (including phenoxy) is 3. The van der Waals surface area contributed by atoms with Gasteiger partial charge in [-0.3, -0.25) is 0 Å². The van der Waals surface area contributed by atoms with E-state index in [9.17, 15) is 0 Å². The maximum Gasteiger partial charge on any atom is 0.180 e. The van der Waals surface area contributed by atoms with Gasteiger partial charge in [0.15, 0.2) is 6.29 Å². The summed E-state index contributed by atoms with van der Waals surface area (Å²) in [5.41, 5.74) is 0. The van der Waals surface area contributed by atoms with Crippen LogP contribution in [0, 0.1) is 0 Å². The average Bonchev–Trinajstić information content (AvgIpc) is 2.16. The Labute approximate surface area is 83.0 Å². The Bertz CT molecular complexity index is 102. The minimum Gasteiger partial charge on any atom is -0.428 e. The number of hydrogen-bond donors (Lipinski definition) is 0. The SMILES string of the molecule is COCC(OC)OCCCCO[SiH3]. The molecule has 1 atom stereocenters. The summed E-state index contributed by atoms with van der Waals surface area (Å²) >= 11 is 0. The average molecular weight is 208 g/mol. The van der Waals surface area contributed by atoms with Gasteiger partial charge in [-0.15, -0.1) is 0 Å². The largest absolute Gasteiger partial charge is 0.428 e. The van der Waals surface area contributed by atoms with Gasteiger partial charge in [0.25, 0.3) is 0 Å². The second-order valence-corrected chi connectivity index (χ2v) is 3.27. The van der Waals surface area contributed by atoms with Gasteiger partial charge in [0.05, 0.1) is 6.61 Å². The first-order valence-corrected chi connectivity index (χ1v) is 5.29.